The number of likely N-dealkylation sites (tertiary alicyclic amines) is 1. The molecule has 9 nitrogen and oxygen atoms in total. The van der Waals surface area contributed by atoms with E-state index in [0.29, 0.717) is 0 Å². The fourth-order valence-corrected chi connectivity index (χ4v) is 6.29. The van der Waals surface area contributed by atoms with Gasteiger partial charge in [-0.1, -0.05) is 72.8 Å². The van der Waals surface area contributed by atoms with Crippen LogP contribution in [0.15, 0.2) is 85.1 Å². The van der Waals surface area contributed by atoms with Crippen molar-refractivity contribution in [2.45, 2.75) is 56.8 Å². The van der Waals surface area contributed by atoms with Gasteiger partial charge in [0, 0.05) is 30.5 Å². The van der Waals surface area contributed by atoms with Crippen LogP contribution in [0.4, 0.5) is 4.79 Å². The molecule has 0 saturated carbocycles. The van der Waals surface area contributed by atoms with E-state index in [1.165, 1.54) is 4.90 Å². The number of esters is 1. The molecule has 1 saturated heterocycles. The lowest BCUT2D eigenvalue weighted by Gasteiger charge is -2.27. The van der Waals surface area contributed by atoms with Crippen molar-refractivity contribution in [3.8, 4) is 11.1 Å². The van der Waals surface area contributed by atoms with Crippen LogP contribution < -0.4 is 5.32 Å². The van der Waals surface area contributed by atoms with E-state index in [1.807, 2.05) is 78.9 Å². The molecule has 1 aliphatic heterocycles. The second kappa shape index (κ2) is 11.4. The number of carbonyl (C=O) groups is 3. The third-order valence-electron chi connectivity index (χ3n) is 8.35. The highest BCUT2D eigenvalue weighted by molar-refractivity contribution is 5.89. The first-order chi connectivity index (χ1) is 21.1. The number of benzene rings is 3. The number of amides is 1. The smallest absolute Gasteiger partial charge is 0.410 e. The highest BCUT2D eigenvalue weighted by atomic mass is 16.6. The summed E-state index contributed by atoms with van der Waals surface area (Å²) in [6, 6.07) is 24.3. The molecule has 44 heavy (non-hydrogen) atoms. The molecule has 1 aliphatic carbocycles. The van der Waals surface area contributed by atoms with Gasteiger partial charge in [0.2, 0.25) is 0 Å². The number of nitrogens with one attached hydrogen (secondary N) is 1. The summed E-state index contributed by atoms with van der Waals surface area (Å²) in [6.07, 6.45) is 0.741. The molecule has 3 aromatic carbocycles. The van der Waals surface area contributed by atoms with Gasteiger partial charge in [-0.2, -0.15) is 0 Å². The summed E-state index contributed by atoms with van der Waals surface area (Å²) < 4.78 is 11.5. The molecule has 2 atom stereocenters. The first-order valence-corrected chi connectivity index (χ1v) is 14.7. The average Bonchev–Trinajstić information content (AvgIpc) is 3.56. The van der Waals surface area contributed by atoms with Gasteiger partial charge in [0.25, 0.3) is 0 Å². The van der Waals surface area contributed by atoms with Crippen molar-refractivity contribution < 1.29 is 29.0 Å². The maximum absolute atomic E-state index is 13.7. The van der Waals surface area contributed by atoms with E-state index >= 15 is 0 Å². The summed E-state index contributed by atoms with van der Waals surface area (Å²) in [5, 5.41) is 14.6. The number of fused-ring (bicyclic) bond motifs is 4. The van der Waals surface area contributed by atoms with Gasteiger partial charge < -0.3 is 14.6 Å². The van der Waals surface area contributed by atoms with Gasteiger partial charge in [-0.25, -0.2) is 9.59 Å². The molecule has 2 N–H and O–H groups in total. The summed E-state index contributed by atoms with van der Waals surface area (Å²) >= 11 is 0. The van der Waals surface area contributed by atoms with Gasteiger partial charge in [-0.3, -0.25) is 20.0 Å². The minimum atomic E-state index is -1.62. The number of nitrogens with zero attached hydrogens (tertiary/aromatic N) is 2. The number of hydrogen-bond donors (Lipinski definition) is 2. The Bertz CT molecular complexity index is 1700. The molecule has 1 amide bonds. The summed E-state index contributed by atoms with van der Waals surface area (Å²) in [4.78, 5) is 45.7. The number of carbonyl (C=O) groups excluding carboxylic acids is 2. The quantitative estimate of drug-likeness (QED) is 0.269. The number of pyridine rings is 1. The molecule has 1 aromatic heterocycles. The molecule has 4 aromatic rings. The van der Waals surface area contributed by atoms with E-state index in [0.717, 1.165) is 38.7 Å². The zero-order valence-corrected chi connectivity index (χ0v) is 24.9. The Morgan fingerprint density at radius 2 is 1.61 bits per heavy atom. The molecule has 0 bridgehead atoms. The molecule has 6 rings (SSSR count). The number of aromatic nitrogens is 1. The highest BCUT2D eigenvalue weighted by Gasteiger charge is 2.55. The molecule has 1 fully saturated rings. The minimum Gasteiger partial charge on any atom is -0.480 e. The Kier molecular flexibility index (Phi) is 7.59. The number of carboxylic acid groups (broad SMARTS) is 1. The molecule has 2 unspecified atom stereocenters. The van der Waals surface area contributed by atoms with Gasteiger partial charge in [-0.15, -0.1) is 0 Å². The van der Waals surface area contributed by atoms with Gasteiger partial charge in [0.05, 0.1) is 12.1 Å². The van der Waals surface area contributed by atoms with Crippen molar-refractivity contribution >= 4 is 28.9 Å². The molecule has 9 heteroatoms. The van der Waals surface area contributed by atoms with Crippen molar-refractivity contribution in [1.82, 2.24) is 15.2 Å². The van der Waals surface area contributed by atoms with Crippen LogP contribution in [0.2, 0.25) is 0 Å². The zero-order valence-electron chi connectivity index (χ0n) is 24.9. The van der Waals surface area contributed by atoms with Crippen molar-refractivity contribution in [3.63, 3.8) is 0 Å². The van der Waals surface area contributed by atoms with Gasteiger partial charge in [-0.05, 0) is 54.7 Å². The number of para-hydroxylation sites is 1. The van der Waals surface area contributed by atoms with E-state index in [-0.39, 0.29) is 32.0 Å². The molecule has 2 aliphatic rings. The highest BCUT2D eigenvalue weighted by Crippen LogP contribution is 2.44. The van der Waals surface area contributed by atoms with Crippen molar-refractivity contribution in [2.75, 3.05) is 13.2 Å². The second-order valence-electron chi connectivity index (χ2n) is 12.4. The predicted molar refractivity (Wildman–Crippen MR) is 165 cm³/mol. The summed E-state index contributed by atoms with van der Waals surface area (Å²) in [5.74, 6) is -2.04. The van der Waals surface area contributed by atoms with Crippen LogP contribution in [0.1, 0.15) is 49.8 Å². The minimum absolute atomic E-state index is 0.0412. The number of rotatable bonds is 7. The second-order valence-corrected chi connectivity index (χ2v) is 12.4. The molecule has 226 valence electrons. The van der Waals surface area contributed by atoms with Gasteiger partial charge >= 0.3 is 18.0 Å². The third-order valence-corrected chi connectivity index (χ3v) is 8.35. The van der Waals surface area contributed by atoms with Crippen molar-refractivity contribution in [3.05, 3.63) is 102 Å². The number of aliphatic carboxylic acids is 1. The van der Waals surface area contributed by atoms with Gasteiger partial charge in [0.15, 0.2) is 0 Å². The summed E-state index contributed by atoms with van der Waals surface area (Å²) in [5.41, 5.74) is 3.39. The van der Waals surface area contributed by atoms with E-state index in [2.05, 4.69) is 10.3 Å². The maximum atomic E-state index is 13.7. The third kappa shape index (κ3) is 5.51. The predicted octanol–water partition coefficient (Wildman–Crippen LogP) is 5.51. The fourth-order valence-electron chi connectivity index (χ4n) is 6.29. The standard InChI is InChI=1S/C35H35N3O6/c1-34(2,3)44-31(39)29-18-35(32(40)41,37-19-23-11-8-10-22-12-9-17-36-30(22)23)21-38(29)33(42)43-20-28-26-15-6-4-13-24(26)25-14-5-7-16-27(25)28/h4-17,28-29,37H,18-21H2,1-3H3,(H,40,41). The van der Waals surface area contributed by atoms with Crippen LogP contribution in [0.3, 0.4) is 0 Å². The lowest BCUT2D eigenvalue weighted by Crippen LogP contribution is -2.54. The molecular formula is C35H35N3O6. The largest absolute Gasteiger partial charge is 0.480 e. The maximum Gasteiger partial charge on any atom is 0.410 e. The van der Waals surface area contributed by atoms with Crippen LogP contribution >= 0.6 is 0 Å². The molecule has 0 spiro atoms. The lowest BCUT2D eigenvalue weighted by molar-refractivity contribution is -0.159. The Balaban J connectivity index is 1.26. The van der Waals surface area contributed by atoms with Crippen molar-refractivity contribution in [2.24, 2.45) is 0 Å². The van der Waals surface area contributed by atoms with E-state index in [4.69, 9.17) is 9.47 Å². The zero-order chi connectivity index (χ0) is 31.1. The van der Waals surface area contributed by atoms with Crippen LogP contribution in [0.5, 0.6) is 0 Å². The first kappa shape index (κ1) is 29.3. The van der Waals surface area contributed by atoms with Gasteiger partial charge in [0.1, 0.15) is 23.8 Å². The molecule has 2 heterocycles. The Morgan fingerprint density at radius 3 is 2.27 bits per heavy atom. The van der Waals surface area contributed by atoms with E-state index in [9.17, 15) is 19.5 Å². The van der Waals surface area contributed by atoms with Crippen LogP contribution in [-0.2, 0) is 25.6 Å². The Hall–Kier alpha value is -4.76. The number of carboxylic acids is 1. The topological polar surface area (TPSA) is 118 Å². The average molecular weight is 594 g/mol. The summed E-state index contributed by atoms with van der Waals surface area (Å²) in [7, 11) is 0. The monoisotopic (exact) mass is 593 g/mol. The number of hydrogen-bond acceptors (Lipinski definition) is 7. The van der Waals surface area contributed by atoms with Crippen LogP contribution in [-0.4, -0.2) is 63.4 Å². The number of ether oxygens (including phenoxy) is 2. The normalized spacial score (nSPS) is 19.4. The van der Waals surface area contributed by atoms with Crippen LogP contribution in [0, 0.1) is 0 Å². The Labute approximate surface area is 255 Å². The van der Waals surface area contributed by atoms with Crippen molar-refractivity contribution in [1.29, 1.82) is 0 Å². The molecule has 0 radical (unpaired) electrons. The Morgan fingerprint density at radius 1 is 0.955 bits per heavy atom. The molecular weight excluding hydrogens is 558 g/mol. The van der Waals surface area contributed by atoms with E-state index in [1.54, 1.807) is 27.0 Å². The lowest BCUT2D eigenvalue weighted by atomic mass is 9.95. The first-order valence-electron chi connectivity index (χ1n) is 14.7. The fraction of sp³-hybridized carbons (Fsp3) is 0.314. The van der Waals surface area contributed by atoms with E-state index < -0.39 is 35.2 Å². The van der Waals surface area contributed by atoms with Crippen LogP contribution in [0.25, 0.3) is 22.0 Å². The SMILES string of the molecule is CC(C)(C)OC(=O)C1CC(NCc2cccc3cccnc23)(C(=O)O)CN1C(=O)OCC1c2ccccc2-c2ccccc21. The summed E-state index contributed by atoms with van der Waals surface area (Å²) in [6.45, 7) is 5.12.